The molecule has 17 heavy (non-hydrogen) atoms. The van der Waals surface area contributed by atoms with E-state index < -0.39 is 0 Å². The van der Waals surface area contributed by atoms with Crippen LogP contribution in [0.1, 0.15) is 18.9 Å². The Balaban J connectivity index is 1.95. The predicted octanol–water partition coefficient (Wildman–Crippen LogP) is 2.76. The number of hydrogen-bond acceptors (Lipinski definition) is 2. The lowest BCUT2D eigenvalue weighted by Crippen LogP contribution is -2.42. The van der Waals surface area contributed by atoms with Gasteiger partial charge in [-0.1, -0.05) is 30.7 Å². The first-order valence-corrected chi connectivity index (χ1v) is 6.73. The summed E-state index contributed by atoms with van der Waals surface area (Å²) in [4.78, 5) is 2.49. The van der Waals surface area contributed by atoms with Crippen molar-refractivity contribution < 1.29 is 0 Å². The summed E-state index contributed by atoms with van der Waals surface area (Å²) in [5, 5.41) is 0.822. The van der Waals surface area contributed by atoms with Crippen molar-refractivity contribution in [1.82, 2.24) is 4.90 Å². The summed E-state index contributed by atoms with van der Waals surface area (Å²) in [6, 6.07) is 8.13. The number of halogens is 1. The number of nitrogens with two attached hydrogens (primary N) is 1. The summed E-state index contributed by atoms with van der Waals surface area (Å²) in [6.45, 7) is 6.39. The summed E-state index contributed by atoms with van der Waals surface area (Å²) in [5.41, 5.74) is 7.12. The molecule has 1 saturated heterocycles. The van der Waals surface area contributed by atoms with Gasteiger partial charge < -0.3 is 5.73 Å². The van der Waals surface area contributed by atoms with Crippen LogP contribution in [0.4, 0.5) is 0 Å². The minimum atomic E-state index is 0.642. The van der Waals surface area contributed by atoms with Gasteiger partial charge in [-0.15, -0.1) is 0 Å². The lowest BCUT2D eigenvalue weighted by Gasteiger charge is -2.36. The van der Waals surface area contributed by atoms with E-state index in [1.165, 1.54) is 18.5 Å². The van der Waals surface area contributed by atoms with Crippen LogP contribution in [-0.4, -0.2) is 24.5 Å². The van der Waals surface area contributed by atoms with E-state index in [-0.39, 0.29) is 0 Å². The topological polar surface area (TPSA) is 29.3 Å². The molecular weight excluding hydrogens is 232 g/mol. The molecule has 2 nitrogen and oxygen atoms in total. The minimum Gasteiger partial charge on any atom is -0.330 e. The Hall–Kier alpha value is -0.570. The van der Waals surface area contributed by atoms with E-state index in [1.54, 1.807) is 0 Å². The van der Waals surface area contributed by atoms with Crippen molar-refractivity contribution in [3.8, 4) is 0 Å². The van der Waals surface area contributed by atoms with Gasteiger partial charge in [-0.25, -0.2) is 0 Å². The van der Waals surface area contributed by atoms with Crippen LogP contribution < -0.4 is 5.73 Å². The Bertz CT molecular complexity index is 367. The molecule has 1 aliphatic rings. The second-order valence-corrected chi connectivity index (χ2v) is 5.56. The Kier molecular flexibility index (Phi) is 4.43. The van der Waals surface area contributed by atoms with E-state index in [9.17, 15) is 0 Å². The first-order chi connectivity index (χ1) is 8.19. The molecular formula is C14H21ClN2. The highest BCUT2D eigenvalue weighted by Crippen LogP contribution is 2.23. The summed E-state index contributed by atoms with van der Waals surface area (Å²) in [6.07, 6.45) is 1.25. The lowest BCUT2D eigenvalue weighted by molar-refractivity contribution is 0.126. The number of likely N-dealkylation sites (tertiary alicyclic amines) is 1. The van der Waals surface area contributed by atoms with Gasteiger partial charge in [-0.05, 0) is 49.0 Å². The third kappa shape index (κ3) is 3.44. The lowest BCUT2D eigenvalue weighted by atomic mass is 9.87. The quantitative estimate of drug-likeness (QED) is 0.897. The molecule has 0 aliphatic carbocycles. The number of benzene rings is 1. The molecule has 3 heteroatoms. The molecule has 1 aliphatic heterocycles. The smallest absolute Gasteiger partial charge is 0.0409 e. The van der Waals surface area contributed by atoms with Gasteiger partial charge in [0.25, 0.3) is 0 Å². The van der Waals surface area contributed by atoms with Crippen molar-refractivity contribution in [3.05, 3.63) is 34.9 Å². The molecule has 2 N–H and O–H groups in total. The fourth-order valence-electron chi connectivity index (χ4n) is 2.57. The molecule has 2 rings (SSSR count). The molecule has 2 unspecified atom stereocenters. The first kappa shape index (κ1) is 12.9. The second-order valence-electron chi connectivity index (χ2n) is 5.13. The SMILES string of the molecule is CC1CCN(Cc2cccc(Cl)c2)CC1CN. The van der Waals surface area contributed by atoms with Crippen LogP contribution >= 0.6 is 11.6 Å². The largest absolute Gasteiger partial charge is 0.330 e. The van der Waals surface area contributed by atoms with Crippen LogP contribution in [0.25, 0.3) is 0 Å². The van der Waals surface area contributed by atoms with Crippen LogP contribution in [0.2, 0.25) is 5.02 Å². The maximum Gasteiger partial charge on any atom is 0.0409 e. The van der Waals surface area contributed by atoms with E-state index in [2.05, 4.69) is 24.0 Å². The summed E-state index contributed by atoms with van der Waals surface area (Å²) in [5.74, 6) is 1.40. The number of nitrogens with zero attached hydrogens (tertiary/aromatic N) is 1. The van der Waals surface area contributed by atoms with Crippen molar-refractivity contribution in [2.24, 2.45) is 17.6 Å². The summed E-state index contributed by atoms with van der Waals surface area (Å²) in [7, 11) is 0. The van der Waals surface area contributed by atoms with E-state index >= 15 is 0 Å². The van der Waals surface area contributed by atoms with Gasteiger partial charge in [0.1, 0.15) is 0 Å². The van der Waals surface area contributed by atoms with Gasteiger partial charge in [-0.3, -0.25) is 4.90 Å². The monoisotopic (exact) mass is 252 g/mol. The molecule has 1 fully saturated rings. The normalized spacial score (nSPS) is 26.1. The molecule has 1 heterocycles. The molecule has 1 aromatic rings. The molecule has 0 aromatic heterocycles. The van der Waals surface area contributed by atoms with Crippen molar-refractivity contribution in [2.45, 2.75) is 19.9 Å². The Labute approximate surface area is 109 Å². The molecule has 0 amide bonds. The minimum absolute atomic E-state index is 0.642. The summed E-state index contributed by atoms with van der Waals surface area (Å²) < 4.78 is 0. The van der Waals surface area contributed by atoms with Crippen molar-refractivity contribution in [3.63, 3.8) is 0 Å². The number of rotatable bonds is 3. The molecule has 1 aromatic carbocycles. The van der Waals surface area contributed by atoms with Crippen LogP contribution in [0.3, 0.4) is 0 Å². The van der Waals surface area contributed by atoms with E-state index in [0.717, 1.165) is 30.6 Å². The highest BCUT2D eigenvalue weighted by Gasteiger charge is 2.24. The van der Waals surface area contributed by atoms with Crippen molar-refractivity contribution in [2.75, 3.05) is 19.6 Å². The molecule has 0 saturated carbocycles. The van der Waals surface area contributed by atoms with E-state index in [0.29, 0.717) is 5.92 Å². The van der Waals surface area contributed by atoms with Gasteiger partial charge in [0.05, 0.1) is 0 Å². The van der Waals surface area contributed by atoms with Gasteiger partial charge in [-0.2, -0.15) is 0 Å². The second kappa shape index (κ2) is 5.85. The van der Waals surface area contributed by atoms with Crippen LogP contribution in [0.5, 0.6) is 0 Å². The third-order valence-corrected chi connectivity index (χ3v) is 4.03. The van der Waals surface area contributed by atoms with E-state index in [1.807, 2.05) is 12.1 Å². The Morgan fingerprint density at radius 1 is 1.47 bits per heavy atom. The first-order valence-electron chi connectivity index (χ1n) is 6.36. The highest BCUT2D eigenvalue weighted by atomic mass is 35.5. The number of hydrogen-bond donors (Lipinski definition) is 1. The van der Waals surface area contributed by atoms with Crippen LogP contribution in [0.15, 0.2) is 24.3 Å². The van der Waals surface area contributed by atoms with Gasteiger partial charge >= 0.3 is 0 Å². The fraction of sp³-hybridized carbons (Fsp3) is 0.571. The average Bonchev–Trinajstić information content (AvgIpc) is 2.32. The van der Waals surface area contributed by atoms with Gasteiger partial charge in [0, 0.05) is 18.1 Å². The van der Waals surface area contributed by atoms with Crippen LogP contribution in [-0.2, 0) is 6.54 Å². The molecule has 0 spiro atoms. The molecule has 94 valence electrons. The molecule has 0 radical (unpaired) electrons. The van der Waals surface area contributed by atoms with Crippen molar-refractivity contribution in [1.29, 1.82) is 0 Å². The predicted molar refractivity (Wildman–Crippen MR) is 73.1 cm³/mol. The zero-order valence-electron chi connectivity index (χ0n) is 10.4. The fourth-order valence-corrected chi connectivity index (χ4v) is 2.78. The van der Waals surface area contributed by atoms with Gasteiger partial charge in [0.15, 0.2) is 0 Å². The highest BCUT2D eigenvalue weighted by molar-refractivity contribution is 6.30. The third-order valence-electron chi connectivity index (χ3n) is 3.80. The van der Waals surface area contributed by atoms with Gasteiger partial charge in [0.2, 0.25) is 0 Å². The molecule has 2 atom stereocenters. The zero-order valence-corrected chi connectivity index (χ0v) is 11.2. The zero-order chi connectivity index (χ0) is 12.3. The van der Waals surface area contributed by atoms with Crippen molar-refractivity contribution >= 4 is 11.6 Å². The van der Waals surface area contributed by atoms with E-state index in [4.69, 9.17) is 17.3 Å². The maximum atomic E-state index is 6.00. The number of piperidine rings is 1. The maximum absolute atomic E-state index is 6.00. The Morgan fingerprint density at radius 2 is 2.29 bits per heavy atom. The van der Waals surface area contributed by atoms with Crippen LogP contribution in [0, 0.1) is 11.8 Å². The summed E-state index contributed by atoms with van der Waals surface area (Å²) >= 11 is 6.00. The Morgan fingerprint density at radius 3 is 3.00 bits per heavy atom. The average molecular weight is 253 g/mol. The standard InChI is InChI=1S/C14H21ClN2/c1-11-5-6-17(10-13(11)8-16)9-12-3-2-4-14(15)7-12/h2-4,7,11,13H,5-6,8-10,16H2,1H3. The molecule has 0 bridgehead atoms.